The minimum atomic E-state index is -0.589. The van der Waals surface area contributed by atoms with E-state index in [1.165, 1.54) is 11.8 Å². The Kier molecular flexibility index (Phi) is 15.5. The number of carbonyl (C=O) groups excluding carboxylic acids is 7. The van der Waals surface area contributed by atoms with E-state index in [1.54, 1.807) is 0 Å². The van der Waals surface area contributed by atoms with Crippen LogP contribution in [0.25, 0.3) is 0 Å². The lowest BCUT2D eigenvalue weighted by atomic mass is 9.94. The first-order chi connectivity index (χ1) is 16.5. The lowest BCUT2D eigenvalue weighted by Crippen LogP contribution is -2.44. The van der Waals surface area contributed by atoms with Crippen molar-refractivity contribution < 1.29 is 33.6 Å². The maximum Gasteiger partial charge on any atom is 0.239 e. The molecule has 12 heteroatoms. The summed E-state index contributed by atoms with van der Waals surface area (Å²) in [5, 5.41) is 9.49. The Morgan fingerprint density at radius 3 is 1.77 bits per heavy atom. The fourth-order valence-corrected chi connectivity index (χ4v) is 3.05. The molecule has 1 aliphatic rings. The number of likely N-dealkylation sites (tertiary alicyclic amines) is 1. The average molecular weight is 498 g/mol. The molecule has 1 rings (SSSR count). The molecule has 0 aromatic carbocycles. The standard InChI is InChI=1S/C21H33N5O7.C2H6/c1-13(2)15-9-20(32)26(21(15)33)8-4-5-16(28)23-11-18(30)25-12-19(31)24-10-17(29)22-7-6-14(3)27;1-2/h13,15H,4-12H2,1-3H3,(H,22,29)(H,23,28)(H,24,31)(H,25,30);1-2H3. The minimum Gasteiger partial charge on any atom is -0.354 e. The zero-order valence-corrected chi connectivity index (χ0v) is 21.3. The molecule has 0 aliphatic carbocycles. The van der Waals surface area contributed by atoms with Crippen molar-refractivity contribution in [3.63, 3.8) is 0 Å². The Bertz CT molecular complexity index is 782. The number of ketones is 1. The highest BCUT2D eigenvalue weighted by Gasteiger charge is 2.39. The number of nitrogens with one attached hydrogen (secondary N) is 4. The summed E-state index contributed by atoms with van der Waals surface area (Å²) in [6, 6.07) is 0. The number of carbonyl (C=O) groups is 7. The van der Waals surface area contributed by atoms with Crippen LogP contribution < -0.4 is 21.3 Å². The lowest BCUT2D eigenvalue weighted by Gasteiger charge is -2.16. The van der Waals surface area contributed by atoms with Crippen LogP contribution in [-0.4, -0.2) is 78.9 Å². The van der Waals surface area contributed by atoms with E-state index >= 15 is 0 Å². The van der Waals surface area contributed by atoms with Gasteiger partial charge in [-0.15, -0.1) is 0 Å². The van der Waals surface area contributed by atoms with Crippen molar-refractivity contribution in [2.75, 3.05) is 32.7 Å². The van der Waals surface area contributed by atoms with Gasteiger partial charge in [-0.25, -0.2) is 0 Å². The summed E-state index contributed by atoms with van der Waals surface area (Å²) in [6.07, 6.45) is 0.720. The predicted octanol–water partition coefficient (Wildman–Crippen LogP) is -0.732. The van der Waals surface area contributed by atoms with E-state index in [1.807, 2.05) is 27.7 Å². The molecule has 4 N–H and O–H groups in total. The van der Waals surface area contributed by atoms with Gasteiger partial charge in [0.2, 0.25) is 35.4 Å². The van der Waals surface area contributed by atoms with Gasteiger partial charge in [0.1, 0.15) is 5.78 Å². The van der Waals surface area contributed by atoms with Gasteiger partial charge in [-0.05, 0) is 19.3 Å². The highest BCUT2D eigenvalue weighted by Crippen LogP contribution is 2.26. The van der Waals surface area contributed by atoms with Crippen LogP contribution in [0.15, 0.2) is 0 Å². The molecule has 0 saturated carbocycles. The van der Waals surface area contributed by atoms with Gasteiger partial charge in [-0.3, -0.25) is 38.5 Å². The van der Waals surface area contributed by atoms with Crippen LogP contribution in [0.4, 0.5) is 0 Å². The lowest BCUT2D eigenvalue weighted by molar-refractivity contribution is -0.140. The first-order valence-electron chi connectivity index (χ1n) is 11.9. The van der Waals surface area contributed by atoms with Crippen molar-refractivity contribution >= 4 is 41.2 Å². The number of Topliss-reactive ketones (excluding diaryl/α,β-unsaturated/α-hetero) is 1. The van der Waals surface area contributed by atoms with Crippen LogP contribution in [-0.2, 0) is 33.6 Å². The van der Waals surface area contributed by atoms with Crippen LogP contribution in [0.2, 0.25) is 0 Å². The molecule has 0 aromatic heterocycles. The first-order valence-corrected chi connectivity index (χ1v) is 11.9. The molecular weight excluding hydrogens is 458 g/mol. The molecule has 1 aliphatic heterocycles. The fraction of sp³-hybridized carbons (Fsp3) is 0.696. The molecule has 0 radical (unpaired) electrons. The molecule has 1 atom stereocenters. The third kappa shape index (κ3) is 13.2. The van der Waals surface area contributed by atoms with Crippen LogP contribution in [0.1, 0.15) is 60.3 Å². The molecule has 0 aromatic rings. The average Bonchev–Trinajstić information content (AvgIpc) is 3.09. The summed E-state index contributed by atoms with van der Waals surface area (Å²) in [6.45, 7) is 8.52. The van der Waals surface area contributed by atoms with E-state index in [-0.39, 0.29) is 87.8 Å². The van der Waals surface area contributed by atoms with Gasteiger partial charge in [0.15, 0.2) is 0 Å². The Morgan fingerprint density at radius 2 is 1.31 bits per heavy atom. The summed E-state index contributed by atoms with van der Waals surface area (Å²) in [4.78, 5) is 82.9. The molecule has 1 fully saturated rings. The Morgan fingerprint density at radius 1 is 0.829 bits per heavy atom. The summed E-state index contributed by atoms with van der Waals surface area (Å²) < 4.78 is 0. The molecule has 35 heavy (non-hydrogen) atoms. The number of nitrogens with zero attached hydrogens (tertiary/aromatic N) is 1. The highest BCUT2D eigenvalue weighted by molar-refractivity contribution is 6.03. The quantitative estimate of drug-likeness (QED) is 0.229. The molecule has 0 bridgehead atoms. The normalized spacial score (nSPS) is 14.7. The molecule has 1 saturated heterocycles. The molecule has 0 spiro atoms. The second-order valence-electron chi connectivity index (χ2n) is 8.17. The van der Waals surface area contributed by atoms with Gasteiger partial charge in [-0.2, -0.15) is 0 Å². The third-order valence-electron chi connectivity index (χ3n) is 5.01. The summed E-state index contributed by atoms with van der Waals surface area (Å²) >= 11 is 0. The van der Waals surface area contributed by atoms with E-state index in [2.05, 4.69) is 21.3 Å². The Balaban J connectivity index is 0.00000562. The van der Waals surface area contributed by atoms with Crippen molar-refractivity contribution in [1.82, 2.24) is 26.2 Å². The van der Waals surface area contributed by atoms with E-state index in [0.717, 1.165) is 0 Å². The second-order valence-corrected chi connectivity index (χ2v) is 8.17. The highest BCUT2D eigenvalue weighted by atomic mass is 16.2. The van der Waals surface area contributed by atoms with Gasteiger partial charge in [0.05, 0.1) is 19.6 Å². The largest absolute Gasteiger partial charge is 0.354 e. The molecule has 12 nitrogen and oxygen atoms in total. The van der Waals surface area contributed by atoms with Gasteiger partial charge >= 0.3 is 0 Å². The van der Waals surface area contributed by atoms with Crippen molar-refractivity contribution in [1.29, 1.82) is 0 Å². The van der Waals surface area contributed by atoms with Crippen molar-refractivity contribution in [2.24, 2.45) is 11.8 Å². The first kappa shape index (κ1) is 31.7. The van der Waals surface area contributed by atoms with Gasteiger partial charge in [-0.1, -0.05) is 27.7 Å². The summed E-state index contributed by atoms with van der Waals surface area (Å²) in [5.74, 6) is -2.79. The number of imide groups is 1. The maximum atomic E-state index is 12.2. The van der Waals surface area contributed by atoms with E-state index < -0.39 is 23.6 Å². The number of hydrogen-bond acceptors (Lipinski definition) is 7. The van der Waals surface area contributed by atoms with Gasteiger partial charge in [0.25, 0.3) is 0 Å². The smallest absolute Gasteiger partial charge is 0.239 e. The SMILES string of the molecule is CC.CC(=O)CCNC(=O)CNC(=O)CNC(=O)CNC(=O)CCCN1C(=O)CC(C(C)C)C1=O. The molecule has 1 heterocycles. The van der Waals surface area contributed by atoms with Crippen LogP contribution in [0.3, 0.4) is 0 Å². The monoisotopic (exact) mass is 497 g/mol. The maximum absolute atomic E-state index is 12.2. The zero-order chi connectivity index (χ0) is 27.0. The van der Waals surface area contributed by atoms with E-state index in [4.69, 9.17) is 0 Å². The minimum absolute atomic E-state index is 0.0376. The number of hydrogen-bond donors (Lipinski definition) is 4. The zero-order valence-electron chi connectivity index (χ0n) is 21.3. The van der Waals surface area contributed by atoms with Crippen molar-refractivity contribution in [3.05, 3.63) is 0 Å². The summed E-state index contributed by atoms with van der Waals surface area (Å²) in [7, 11) is 0. The molecule has 1 unspecified atom stereocenters. The second kappa shape index (κ2) is 17.2. The summed E-state index contributed by atoms with van der Waals surface area (Å²) in [5.41, 5.74) is 0. The van der Waals surface area contributed by atoms with Crippen molar-refractivity contribution in [3.8, 4) is 0 Å². The van der Waals surface area contributed by atoms with Crippen LogP contribution in [0, 0.1) is 11.8 Å². The molecule has 198 valence electrons. The Labute approximate surface area is 206 Å². The third-order valence-corrected chi connectivity index (χ3v) is 5.01. The number of rotatable bonds is 14. The van der Waals surface area contributed by atoms with Gasteiger partial charge < -0.3 is 21.3 Å². The Hall–Kier alpha value is -3.31. The fourth-order valence-electron chi connectivity index (χ4n) is 3.05. The predicted molar refractivity (Wildman–Crippen MR) is 128 cm³/mol. The molecule has 6 amide bonds. The van der Waals surface area contributed by atoms with Gasteiger partial charge in [0, 0.05) is 38.3 Å². The molecular formula is C23H39N5O7. The van der Waals surface area contributed by atoms with Crippen molar-refractivity contribution in [2.45, 2.75) is 60.3 Å². The van der Waals surface area contributed by atoms with E-state index in [9.17, 15) is 33.6 Å². The van der Waals surface area contributed by atoms with E-state index in [0.29, 0.717) is 0 Å². The van der Waals surface area contributed by atoms with Crippen LogP contribution >= 0.6 is 0 Å². The van der Waals surface area contributed by atoms with Crippen LogP contribution in [0.5, 0.6) is 0 Å². The number of amides is 6. The topological polar surface area (TPSA) is 171 Å².